The molecule has 2 unspecified atom stereocenters. The number of β-amino-alcohol motifs (C(OH)–C–C–N with tert-alkyl or cyclic N) is 1. The van der Waals surface area contributed by atoms with Gasteiger partial charge in [0.25, 0.3) is 0 Å². The number of aromatic carboxylic acids is 1. The Hall–Kier alpha value is -4.02. The van der Waals surface area contributed by atoms with E-state index >= 15 is 0 Å². The number of rotatable bonds is 8. The molecule has 2 atom stereocenters. The van der Waals surface area contributed by atoms with Gasteiger partial charge in [-0.2, -0.15) is 0 Å². The Morgan fingerprint density at radius 3 is 2.54 bits per heavy atom. The van der Waals surface area contributed by atoms with Crippen molar-refractivity contribution in [1.29, 1.82) is 0 Å². The number of amides is 1. The minimum Gasteiger partial charge on any atom is -0.508 e. The van der Waals surface area contributed by atoms with Gasteiger partial charge in [0.1, 0.15) is 17.1 Å². The van der Waals surface area contributed by atoms with Crippen molar-refractivity contribution in [2.75, 3.05) is 12.7 Å². The first-order valence-electron chi connectivity index (χ1n) is 13.0. The van der Waals surface area contributed by atoms with E-state index in [-0.39, 0.29) is 60.8 Å². The van der Waals surface area contributed by atoms with Gasteiger partial charge in [-0.15, -0.1) is 0 Å². The Bertz CT molecular complexity index is 1720. The molecule has 5 N–H and O–H groups in total. The predicted octanol–water partition coefficient (Wildman–Crippen LogP) is 3.43. The van der Waals surface area contributed by atoms with Gasteiger partial charge < -0.3 is 34.4 Å². The van der Waals surface area contributed by atoms with Crippen molar-refractivity contribution in [3.63, 3.8) is 0 Å². The van der Waals surface area contributed by atoms with Crippen LogP contribution in [-0.2, 0) is 15.8 Å². The maximum atomic E-state index is 13.1. The molecule has 5 rings (SSSR count). The number of aliphatic hydroxyl groups excluding tert-OH is 1. The zero-order valence-electron chi connectivity index (χ0n) is 21.8. The fourth-order valence-corrected chi connectivity index (χ4v) is 6.13. The largest absolute Gasteiger partial charge is 0.508 e. The molecule has 11 nitrogen and oxygen atoms in total. The molecular formula is C29H28NO10P. The number of carbonyl (C=O) groups is 2. The van der Waals surface area contributed by atoms with Crippen LogP contribution in [0.15, 0.2) is 63.8 Å². The molecule has 0 radical (unpaired) electrons. The molecule has 12 heteroatoms. The Labute approximate surface area is 233 Å². The van der Waals surface area contributed by atoms with Crippen molar-refractivity contribution in [2.45, 2.75) is 37.8 Å². The molecule has 2 aliphatic heterocycles. The predicted molar refractivity (Wildman–Crippen MR) is 149 cm³/mol. The van der Waals surface area contributed by atoms with Crippen LogP contribution in [0.25, 0.3) is 33.4 Å². The third-order valence-electron chi connectivity index (χ3n) is 7.39. The van der Waals surface area contributed by atoms with Crippen molar-refractivity contribution < 1.29 is 43.7 Å². The van der Waals surface area contributed by atoms with Crippen LogP contribution in [0.3, 0.4) is 0 Å². The molecule has 214 valence electrons. The first kappa shape index (κ1) is 28.5. The van der Waals surface area contributed by atoms with E-state index < -0.39 is 37.3 Å². The van der Waals surface area contributed by atoms with Crippen molar-refractivity contribution in [1.82, 2.24) is 4.90 Å². The lowest BCUT2D eigenvalue weighted by molar-refractivity contribution is -0.132. The summed E-state index contributed by atoms with van der Waals surface area (Å²) in [7, 11) is -4.27. The van der Waals surface area contributed by atoms with Gasteiger partial charge in [-0.25, -0.2) is 4.79 Å². The summed E-state index contributed by atoms with van der Waals surface area (Å²) in [5.74, 6) is -1.39. The average molecular weight is 582 g/mol. The number of carboxylic acid groups (broad SMARTS) is 1. The quantitative estimate of drug-likeness (QED) is 0.152. The average Bonchev–Trinajstić information content (AvgIpc) is 3.29. The Balaban J connectivity index is 1.53. The van der Waals surface area contributed by atoms with E-state index in [9.17, 15) is 44.1 Å². The number of phenols is 1. The number of phenolic OH excluding ortho intramolecular Hbond substituents is 1. The summed E-state index contributed by atoms with van der Waals surface area (Å²) in [5, 5.41) is 30.5. The van der Waals surface area contributed by atoms with Crippen molar-refractivity contribution in [3.05, 3.63) is 75.9 Å². The van der Waals surface area contributed by atoms with E-state index in [2.05, 4.69) is 0 Å². The van der Waals surface area contributed by atoms with Gasteiger partial charge in [0, 0.05) is 53.2 Å². The van der Waals surface area contributed by atoms with E-state index in [0.29, 0.717) is 27.6 Å². The second-order valence-electron chi connectivity index (χ2n) is 10.2. The molecule has 1 aliphatic carbocycles. The number of nitrogens with zero attached hydrogens (tertiary/aromatic N) is 1. The minimum absolute atomic E-state index is 0.0336. The van der Waals surface area contributed by atoms with Gasteiger partial charge in [-0.1, -0.05) is 18.2 Å². The number of hydrogen-bond acceptors (Lipinski definition) is 7. The molecule has 2 aromatic rings. The van der Waals surface area contributed by atoms with Gasteiger partial charge in [-0.05, 0) is 49.1 Å². The van der Waals surface area contributed by atoms with Gasteiger partial charge >= 0.3 is 13.6 Å². The summed E-state index contributed by atoms with van der Waals surface area (Å²) in [6, 6.07) is 13.2. The fraction of sp³-hybridized carbons (Fsp3) is 0.276. The number of fused-ring (bicyclic) bond motifs is 2. The van der Waals surface area contributed by atoms with Crippen LogP contribution in [0.5, 0.6) is 5.75 Å². The smallest absolute Gasteiger partial charge is 0.336 e. The second kappa shape index (κ2) is 11.1. The van der Waals surface area contributed by atoms with E-state index in [1.54, 1.807) is 30.3 Å². The zero-order valence-corrected chi connectivity index (χ0v) is 22.7. The first-order chi connectivity index (χ1) is 19.4. The Morgan fingerprint density at radius 2 is 1.80 bits per heavy atom. The Kier molecular flexibility index (Phi) is 7.72. The van der Waals surface area contributed by atoms with Crippen LogP contribution < -0.4 is 5.43 Å². The lowest BCUT2D eigenvalue weighted by atomic mass is 9.89. The summed E-state index contributed by atoms with van der Waals surface area (Å²) in [4.78, 5) is 58.1. The van der Waals surface area contributed by atoms with Crippen LogP contribution in [0, 0.1) is 0 Å². The van der Waals surface area contributed by atoms with Gasteiger partial charge in [-0.3, -0.25) is 14.2 Å². The summed E-state index contributed by atoms with van der Waals surface area (Å²) in [5.41, 5.74) is 1.51. The summed E-state index contributed by atoms with van der Waals surface area (Å²) >= 11 is 0. The van der Waals surface area contributed by atoms with Gasteiger partial charge in [0.2, 0.25) is 5.91 Å². The van der Waals surface area contributed by atoms with E-state index in [4.69, 9.17) is 4.42 Å². The highest BCUT2D eigenvalue weighted by Crippen LogP contribution is 2.42. The summed E-state index contributed by atoms with van der Waals surface area (Å²) in [6.45, 7) is 0.0421. The van der Waals surface area contributed by atoms with E-state index in [1.807, 2.05) is 0 Å². The molecule has 0 aromatic heterocycles. The lowest BCUT2D eigenvalue weighted by Gasteiger charge is -2.24. The third-order valence-corrected chi connectivity index (χ3v) is 8.23. The molecular weight excluding hydrogens is 553 g/mol. The van der Waals surface area contributed by atoms with E-state index in [1.165, 1.54) is 29.2 Å². The molecule has 2 heterocycles. The standard InChI is InChI=1S/C29H28NO10P/c31-18-6-7-22-25(13-18)40-26-14-24(33)16(11-23(26)28(22)20-3-1-2-4-21(20)29(35)36)5-8-27(34)30-15-19(32)12-17(30)9-10-41(37,38)39/h1-4,6-7,11,13-14,17,19,31-32H,5,8-10,12,15H2,(H,35,36)(H2,37,38,39). The highest BCUT2D eigenvalue weighted by molar-refractivity contribution is 7.51. The number of aryl methyl sites for hydroxylation is 1. The van der Waals surface area contributed by atoms with Crippen LogP contribution in [0.2, 0.25) is 0 Å². The molecule has 1 fully saturated rings. The van der Waals surface area contributed by atoms with Gasteiger partial charge in [0.15, 0.2) is 5.43 Å². The van der Waals surface area contributed by atoms with E-state index in [0.717, 1.165) is 0 Å². The fourth-order valence-electron chi connectivity index (χ4n) is 5.50. The monoisotopic (exact) mass is 581 g/mol. The van der Waals surface area contributed by atoms with Crippen LogP contribution in [0.4, 0.5) is 0 Å². The molecule has 1 amide bonds. The molecule has 2 aromatic carbocycles. The number of aromatic hydroxyl groups is 1. The number of aliphatic hydroxyl groups is 1. The number of likely N-dealkylation sites (tertiary alicyclic amines) is 1. The zero-order chi connectivity index (χ0) is 29.5. The maximum absolute atomic E-state index is 13.1. The van der Waals surface area contributed by atoms with Gasteiger partial charge in [0.05, 0.1) is 17.8 Å². The molecule has 3 aliphatic rings. The topological polar surface area (TPSA) is 186 Å². The Morgan fingerprint density at radius 1 is 1.05 bits per heavy atom. The summed E-state index contributed by atoms with van der Waals surface area (Å²) in [6.07, 6.45) is -0.988. The van der Waals surface area contributed by atoms with Crippen molar-refractivity contribution in [3.8, 4) is 28.2 Å². The second-order valence-corrected chi connectivity index (χ2v) is 12.0. The molecule has 0 bridgehead atoms. The lowest BCUT2D eigenvalue weighted by Crippen LogP contribution is -2.36. The van der Waals surface area contributed by atoms with Crippen molar-refractivity contribution >= 4 is 30.4 Å². The molecule has 0 saturated carbocycles. The number of hydrogen-bond donors (Lipinski definition) is 5. The number of carboxylic acids is 1. The van der Waals surface area contributed by atoms with Crippen LogP contribution >= 0.6 is 7.60 Å². The minimum atomic E-state index is -4.27. The normalized spacial score (nSPS) is 17.4. The van der Waals surface area contributed by atoms with Crippen LogP contribution in [0.1, 0.15) is 35.2 Å². The first-order valence-corrected chi connectivity index (χ1v) is 14.8. The molecule has 1 saturated heterocycles. The SMILES string of the molecule is O=C(O)c1ccccc1-c1c2cc(CCC(=O)N3CC(O)CC3CCP(=O)(O)O)c(=O)cc-2oc2cc(O)ccc12. The molecule has 0 spiro atoms. The highest BCUT2D eigenvalue weighted by atomic mass is 31.2. The highest BCUT2D eigenvalue weighted by Gasteiger charge is 2.35. The van der Waals surface area contributed by atoms with Crippen LogP contribution in [-0.4, -0.2) is 66.7 Å². The number of carbonyl (C=O) groups excluding carboxylic acids is 1. The van der Waals surface area contributed by atoms with Crippen molar-refractivity contribution in [2.24, 2.45) is 0 Å². The third kappa shape index (κ3) is 6.03. The summed E-state index contributed by atoms with van der Waals surface area (Å²) < 4.78 is 17.3. The number of benzene rings is 3. The molecule has 41 heavy (non-hydrogen) atoms. The maximum Gasteiger partial charge on any atom is 0.336 e.